The Balaban J connectivity index is 3.18. The molecule has 0 aliphatic heterocycles. The molecular formula is C19H39ClO. The van der Waals surface area contributed by atoms with E-state index in [0.717, 1.165) is 6.42 Å². The van der Waals surface area contributed by atoms with E-state index >= 15 is 0 Å². The summed E-state index contributed by atoms with van der Waals surface area (Å²) in [5, 5.41) is 0. The van der Waals surface area contributed by atoms with E-state index in [0.29, 0.717) is 12.0 Å². The van der Waals surface area contributed by atoms with Gasteiger partial charge < -0.3 is 4.74 Å². The highest BCUT2D eigenvalue weighted by Gasteiger charge is 2.08. The Bertz CT molecular complexity index is 194. The number of hydrogen-bond donors (Lipinski definition) is 0. The zero-order valence-electron chi connectivity index (χ0n) is 14.8. The molecule has 0 saturated heterocycles. The van der Waals surface area contributed by atoms with E-state index in [-0.39, 0.29) is 6.10 Å². The second-order valence-electron chi connectivity index (χ2n) is 6.64. The van der Waals surface area contributed by atoms with Gasteiger partial charge in [0.25, 0.3) is 0 Å². The molecule has 1 nitrogen and oxygen atoms in total. The summed E-state index contributed by atoms with van der Waals surface area (Å²) >= 11 is 5.93. The van der Waals surface area contributed by atoms with Crippen molar-refractivity contribution in [3.8, 4) is 0 Å². The van der Waals surface area contributed by atoms with Crippen molar-refractivity contribution >= 4 is 11.6 Å². The lowest BCUT2D eigenvalue weighted by molar-refractivity contribution is 0.0151. The smallest absolute Gasteiger partial charge is 0.0713 e. The van der Waals surface area contributed by atoms with E-state index in [1.54, 1.807) is 0 Å². The third-order valence-corrected chi connectivity index (χ3v) is 4.36. The molecule has 0 aromatic rings. The molecule has 0 saturated carbocycles. The second kappa shape index (κ2) is 16.6. The predicted octanol–water partition coefficient (Wildman–Crippen LogP) is 7.11. The first-order valence-corrected chi connectivity index (χ1v) is 9.95. The van der Waals surface area contributed by atoms with E-state index in [1.165, 1.54) is 77.0 Å². The van der Waals surface area contributed by atoms with Gasteiger partial charge in [0, 0.05) is 5.88 Å². The summed E-state index contributed by atoms with van der Waals surface area (Å²) in [4.78, 5) is 0. The van der Waals surface area contributed by atoms with Crippen LogP contribution < -0.4 is 0 Å². The summed E-state index contributed by atoms with van der Waals surface area (Å²) in [6.07, 6.45) is 18.5. The van der Waals surface area contributed by atoms with Crippen LogP contribution in [0.5, 0.6) is 0 Å². The zero-order valence-corrected chi connectivity index (χ0v) is 15.6. The van der Waals surface area contributed by atoms with Crippen LogP contribution in [0.15, 0.2) is 0 Å². The standard InChI is InChI=1S/C19H39ClO/c1-4-5-6-7-8-9-10-11-12-13-14-15-16-19(17-20)21-18(2)3/h18-19H,4-17H2,1-3H3. The summed E-state index contributed by atoms with van der Waals surface area (Å²) in [6.45, 7) is 6.45. The molecule has 0 N–H and O–H groups in total. The molecule has 0 heterocycles. The summed E-state index contributed by atoms with van der Waals surface area (Å²) in [5.74, 6) is 0.635. The van der Waals surface area contributed by atoms with Crippen molar-refractivity contribution in [1.29, 1.82) is 0 Å². The van der Waals surface area contributed by atoms with Crippen molar-refractivity contribution in [3.63, 3.8) is 0 Å². The van der Waals surface area contributed by atoms with Gasteiger partial charge in [-0.25, -0.2) is 0 Å². The molecule has 1 atom stereocenters. The van der Waals surface area contributed by atoms with Crippen LogP contribution in [0, 0.1) is 0 Å². The number of hydrogen-bond acceptors (Lipinski definition) is 1. The van der Waals surface area contributed by atoms with Gasteiger partial charge in [-0.1, -0.05) is 84.0 Å². The lowest BCUT2D eigenvalue weighted by atomic mass is 10.0. The minimum absolute atomic E-state index is 0.259. The number of unbranched alkanes of at least 4 members (excludes halogenated alkanes) is 11. The highest BCUT2D eigenvalue weighted by atomic mass is 35.5. The summed E-state index contributed by atoms with van der Waals surface area (Å²) in [7, 11) is 0. The van der Waals surface area contributed by atoms with Gasteiger partial charge in [0.15, 0.2) is 0 Å². The number of rotatable bonds is 16. The van der Waals surface area contributed by atoms with E-state index in [1.807, 2.05) is 0 Å². The molecule has 21 heavy (non-hydrogen) atoms. The quantitative estimate of drug-likeness (QED) is 0.217. The first-order valence-electron chi connectivity index (χ1n) is 9.42. The molecule has 0 amide bonds. The fourth-order valence-corrected chi connectivity index (χ4v) is 3.01. The fourth-order valence-electron chi connectivity index (χ4n) is 2.78. The topological polar surface area (TPSA) is 9.23 Å². The minimum Gasteiger partial charge on any atom is -0.374 e. The molecule has 0 fully saturated rings. The highest BCUT2D eigenvalue weighted by Crippen LogP contribution is 2.14. The molecule has 0 radical (unpaired) electrons. The molecule has 0 aliphatic rings. The molecule has 2 heteroatoms. The number of alkyl halides is 1. The maximum Gasteiger partial charge on any atom is 0.0713 e. The maximum absolute atomic E-state index is 5.93. The van der Waals surface area contributed by atoms with Gasteiger partial charge >= 0.3 is 0 Å². The molecule has 0 aromatic heterocycles. The Labute approximate surface area is 139 Å². The van der Waals surface area contributed by atoms with Gasteiger partial charge in [0.2, 0.25) is 0 Å². The Hall–Kier alpha value is 0.250. The van der Waals surface area contributed by atoms with Crippen molar-refractivity contribution in [2.24, 2.45) is 0 Å². The molecule has 0 rings (SSSR count). The molecule has 0 aliphatic carbocycles. The van der Waals surface area contributed by atoms with Crippen LogP contribution in [-0.4, -0.2) is 18.1 Å². The van der Waals surface area contributed by atoms with Crippen molar-refractivity contribution < 1.29 is 4.74 Å². The van der Waals surface area contributed by atoms with Gasteiger partial charge in [-0.05, 0) is 20.3 Å². The largest absolute Gasteiger partial charge is 0.374 e. The van der Waals surface area contributed by atoms with Crippen LogP contribution in [0.2, 0.25) is 0 Å². The first-order chi connectivity index (χ1) is 10.2. The molecule has 0 spiro atoms. The third kappa shape index (κ3) is 16.4. The van der Waals surface area contributed by atoms with Gasteiger partial charge in [-0.3, -0.25) is 0 Å². The van der Waals surface area contributed by atoms with Crippen molar-refractivity contribution in [2.75, 3.05) is 5.88 Å². The zero-order chi connectivity index (χ0) is 15.8. The van der Waals surface area contributed by atoms with Crippen molar-refractivity contribution in [2.45, 2.75) is 116 Å². The second-order valence-corrected chi connectivity index (χ2v) is 6.95. The van der Waals surface area contributed by atoms with Crippen molar-refractivity contribution in [1.82, 2.24) is 0 Å². The molecule has 0 aromatic carbocycles. The molecule has 0 bridgehead atoms. The Morgan fingerprint density at radius 1 is 0.714 bits per heavy atom. The van der Waals surface area contributed by atoms with Crippen LogP contribution in [0.3, 0.4) is 0 Å². The lowest BCUT2D eigenvalue weighted by Crippen LogP contribution is -2.19. The summed E-state index contributed by atoms with van der Waals surface area (Å²) in [6, 6.07) is 0. The van der Waals surface area contributed by atoms with Crippen LogP contribution in [0.25, 0.3) is 0 Å². The summed E-state index contributed by atoms with van der Waals surface area (Å²) < 4.78 is 5.77. The lowest BCUT2D eigenvalue weighted by Gasteiger charge is -2.17. The molecule has 1 unspecified atom stereocenters. The number of halogens is 1. The Kier molecular flexibility index (Phi) is 16.8. The first kappa shape index (κ1) is 21.2. The molecular weight excluding hydrogens is 280 g/mol. The van der Waals surface area contributed by atoms with Gasteiger partial charge in [-0.15, -0.1) is 11.6 Å². The van der Waals surface area contributed by atoms with Crippen molar-refractivity contribution in [3.05, 3.63) is 0 Å². The van der Waals surface area contributed by atoms with Crippen LogP contribution in [0.1, 0.15) is 104 Å². The van der Waals surface area contributed by atoms with Gasteiger partial charge in [-0.2, -0.15) is 0 Å². The van der Waals surface area contributed by atoms with E-state index in [4.69, 9.17) is 16.3 Å². The van der Waals surface area contributed by atoms with E-state index in [2.05, 4.69) is 20.8 Å². The highest BCUT2D eigenvalue weighted by molar-refractivity contribution is 6.18. The Morgan fingerprint density at radius 2 is 1.14 bits per heavy atom. The average molecular weight is 319 g/mol. The van der Waals surface area contributed by atoms with Gasteiger partial charge in [0.1, 0.15) is 0 Å². The predicted molar refractivity (Wildman–Crippen MR) is 96.4 cm³/mol. The maximum atomic E-state index is 5.93. The molecule has 128 valence electrons. The van der Waals surface area contributed by atoms with Crippen LogP contribution in [0.4, 0.5) is 0 Å². The monoisotopic (exact) mass is 318 g/mol. The minimum atomic E-state index is 0.259. The number of ether oxygens (including phenoxy) is 1. The Morgan fingerprint density at radius 3 is 1.52 bits per heavy atom. The SMILES string of the molecule is CCCCCCCCCCCCCCC(CCl)OC(C)C. The normalized spacial score (nSPS) is 13.0. The third-order valence-electron chi connectivity index (χ3n) is 4.02. The van der Waals surface area contributed by atoms with E-state index in [9.17, 15) is 0 Å². The average Bonchev–Trinajstić information content (AvgIpc) is 2.46. The van der Waals surface area contributed by atoms with Crippen LogP contribution >= 0.6 is 11.6 Å². The van der Waals surface area contributed by atoms with E-state index < -0.39 is 0 Å². The van der Waals surface area contributed by atoms with Crippen LogP contribution in [-0.2, 0) is 4.74 Å². The summed E-state index contributed by atoms with van der Waals surface area (Å²) in [5.41, 5.74) is 0. The van der Waals surface area contributed by atoms with Gasteiger partial charge in [0.05, 0.1) is 12.2 Å². The fraction of sp³-hybridized carbons (Fsp3) is 1.00.